The zero-order valence-corrected chi connectivity index (χ0v) is 11.8. The summed E-state index contributed by atoms with van der Waals surface area (Å²) in [5.74, 6) is -0.959. The molecule has 0 fully saturated rings. The van der Waals surface area contributed by atoms with Crippen LogP contribution in [-0.2, 0) is 16.0 Å². The molecule has 104 valence electrons. The van der Waals surface area contributed by atoms with E-state index in [0.717, 1.165) is 0 Å². The molecule has 0 heterocycles. The maximum atomic E-state index is 11.6. The number of rotatable bonds is 7. The SMILES string of the molecule is O=C(O)CCCCNC(=O)Cc1ccc(Cl)cc1Cl. The van der Waals surface area contributed by atoms with Gasteiger partial charge < -0.3 is 10.4 Å². The number of halogens is 2. The zero-order chi connectivity index (χ0) is 14.3. The minimum atomic E-state index is -0.820. The highest BCUT2D eigenvalue weighted by Crippen LogP contribution is 2.21. The lowest BCUT2D eigenvalue weighted by molar-refractivity contribution is -0.137. The van der Waals surface area contributed by atoms with Crippen molar-refractivity contribution in [3.05, 3.63) is 33.8 Å². The highest BCUT2D eigenvalue weighted by molar-refractivity contribution is 6.35. The fourth-order valence-electron chi connectivity index (χ4n) is 1.53. The molecule has 1 aromatic carbocycles. The van der Waals surface area contributed by atoms with Crippen LogP contribution < -0.4 is 5.32 Å². The summed E-state index contributed by atoms with van der Waals surface area (Å²) in [4.78, 5) is 21.9. The van der Waals surface area contributed by atoms with E-state index in [9.17, 15) is 9.59 Å². The van der Waals surface area contributed by atoms with Crippen molar-refractivity contribution in [1.82, 2.24) is 5.32 Å². The third kappa shape index (κ3) is 6.45. The van der Waals surface area contributed by atoms with Crippen LogP contribution in [0.3, 0.4) is 0 Å². The molecule has 4 nitrogen and oxygen atoms in total. The molecule has 0 atom stereocenters. The maximum absolute atomic E-state index is 11.6. The van der Waals surface area contributed by atoms with Crippen molar-refractivity contribution in [2.24, 2.45) is 0 Å². The Morgan fingerprint density at radius 3 is 2.58 bits per heavy atom. The van der Waals surface area contributed by atoms with Crippen molar-refractivity contribution >= 4 is 35.1 Å². The second-order valence-electron chi connectivity index (χ2n) is 4.11. The molecule has 0 aromatic heterocycles. The van der Waals surface area contributed by atoms with Gasteiger partial charge >= 0.3 is 5.97 Å². The molecule has 1 amide bonds. The molecule has 0 unspecified atom stereocenters. The van der Waals surface area contributed by atoms with Crippen molar-refractivity contribution in [2.75, 3.05) is 6.54 Å². The molecule has 0 aliphatic carbocycles. The van der Waals surface area contributed by atoms with Crippen LogP contribution in [0.1, 0.15) is 24.8 Å². The Bertz CT molecular complexity index is 463. The van der Waals surface area contributed by atoms with E-state index in [1.54, 1.807) is 18.2 Å². The Labute approximate surface area is 121 Å². The number of carbonyl (C=O) groups is 2. The van der Waals surface area contributed by atoms with Gasteiger partial charge in [0.1, 0.15) is 0 Å². The van der Waals surface area contributed by atoms with E-state index in [0.29, 0.717) is 35.0 Å². The lowest BCUT2D eigenvalue weighted by Gasteiger charge is -2.06. The molecule has 0 spiro atoms. The Hall–Kier alpha value is -1.26. The number of aliphatic carboxylic acids is 1. The first-order chi connectivity index (χ1) is 8.99. The summed E-state index contributed by atoms with van der Waals surface area (Å²) in [6.07, 6.45) is 1.51. The Morgan fingerprint density at radius 2 is 1.95 bits per heavy atom. The van der Waals surface area contributed by atoms with Crippen molar-refractivity contribution in [3.63, 3.8) is 0 Å². The number of benzene rings is 1. The number of amides is 1. The number of hydrogen-bond donors (Lipinski definition) is 2. The molecule has 6 heteroatoms. The smallest absolute Gasteiger partial charge is 0.303 e. The van der Waals surface area contributed by atoms with Gasteiger partial charge in [-0.15, -0.1) is 0 Å². The van der Waals surface area contributed by atoms with Gasteiger partial charge in [0.25, 0.3) is 0 Å². The first-order valence-electron chi connectivity index (χ1n) is 5.91. The average molecular weight is 304 g/mol. The molecule has 0 saturated carbocycles. The zero-order valence-electron chi connectivity index (χ0n) is 10.3. The summed E-state index contributed by atoms with van der Waals surface area (Å²) in [6.45, 7) is 0.470. The Balaban J connectivity index is 2.29. The second-order valence-corrected chi connectivity index (χ2v) is 4.96. The summed E-state index contributed by atoms with van der Waals surface area (Å²) in [5.41, 5.74) is 0.717. The van der Waals surface area contributed by atoms with E-state index in [1.807, 2.05) is 0 Å². The highest BCUT2D eigenvalue weighted by Gasteiger charge is 2.07. The van der Waals surface area contributed by atoms with E-state index >= 15 is 0 Å². The Morgan fingerprint density at radius 1 is 1.21 bits per heavy atom. The van der Waals surface area contributed by atoms with Crippen LogP contribution in [0.2, 0.25) is 10.0 Å². The van der Waals surface area contributed by atoms with Crippen LogP contribution in [0.5, 0.6) is 0 Å². The molecular weight excluding hydrogens is 289 g/mol. The highest BCUT2D eigenvalue weighted by atomic mass is 35.5. The summed E-state index contributed by atoms with van der Waals surface area (Å²) in [5, 5.41) is 12.2. The van der Waals surface area contributed by atoms with Gasteiger partial charge in [0.2, 0.25) is 5.91 Å². The van der Waals surface area contributed by atoms with Crippen molar-refractivity contribution < 1.29 is 14.7 Å². The molecule has 0 bridgehead atoms. The standard InChI is InChI=1S/C13H15Cl2NO3/c14-10-5-4-9(11(15)8-10)7-12(17)16-6-2-1-3-13(18)19/h4-5,8H,1-3,6-7H2,(H,16,17)(H,18,19). The van der Waals surface area contributed by atoms with Gasteiger partial charge in [0, 0.05) is 23.0 Å². The van der Waals surface area contributed by atoms with Gasteiger partial charge in [-0.1, -0.05) is 29.3 Å². The number of carboxylic acids is 1. The predicted molar refractivity (Wildman–Crippen MR) is 74.7 cm³/mol. The first kappa shape index (κ1) is 15.8. The van der Waals surface area contributed by atoms with Gasteiger partial charge in [-0.2, -0.15) is 0 Å². The van der Waals surface area contributed by atoms with Crippen LogP contribution in [0.25, 0.3) is 0 Å². The fourth-order valence-corrected chi connectivity index (χ4v) is 2.00. The van der Waals surface area contributed by atoms with E-state index in [1.165, 1.54) is 0 Å². The number of unbranched alkanes of at least 4 members (excludes halogenated alkanes) is 1. The van der Waals surface area contributed by atoms with Crippen molar-refractivity contribution in [1.29, 1.82) is 0 Å². The van der Waals surface area contributed by atoms with Gasteiger partial charge in [0.15, 0.2) is 0 Å². The number of carboxylic acid groups (broad SMARTS) is 1. The quantitative estimate of drug-likeness (QED) is 0.761. The minimum Gasteiger partial charge on any atom is -0.481 e. The molecule has 19 heavy (non-hydrogen) atoms. The predicted octanol–water partition coefficient (Wildman–Crippen LogP) is 2.91. The van der Waals surface area contributed by atoms with Gasteiger partial charge in [-0.25, -0.2) is 0 Å². The number of carbonyl (C=O) groups excluding carboxylic acids is 1. The van der Waals surface area contributed by atoms with Crippen LogP contribution in [-0.4, -0.2) is 23.5 Å². The third-order valence-electron chi connectivity index (χ3n) is 2.51. The van der Waals surface area contributed by atoms with E-state index in [4.69, 9.17) is 28.3 Å². The summed E-state index contributed by atoms with van der Waals surface area (Å²) >= 11 is 11.7. The first-order valence-corrected chi connectivity index (χ1v) is 6.67. The number of nitrogens with one attached hydrogen (secondary N) is 1. The van der Waals surface area contributed by atoms with Gasteiger partial charge in [-0.3, -0.25) is 9.59 Å². The van der Waals surface area contributed by atoms with Crippen molar-refractivity contribution in [2.45, 2.75) is 25.7 Å². The lowest BCUT2D eigenvalue weighted by atomic mass is 10.1. The van der Waals surface area contributed by atoms with E-state index < -0.39 is 5.97 Å². The molecule has 0 saturated heterocycles. The summed E-state index contributed by atoms with van der Waals surface area (Å²) in [6, 6.07) is 5.00. The normalized spacial score (nSPS) is 10.2. The molecule has 1 aromatic rings. The molecule has 0 aliphatic heterocycles. The van der Waals surface area contributed by atoms with Crippen LogP contribution in [0.15, 0.2) is 18.2 Å². The molecule has 0 aliphatic rings. The van der Waals surface area contributed by atoms with Gasteiger partial charge in [0.05, 0.1) is 6.42 Å². The largest absolute Gasteiger partial charge is 0.481 e. The van der Waals surface area contributed by atoms with Crippen LogP contribution >= 0.6 is 23.2 Å². The minimum absolute atomic E-state index is 0.124. The van der Waals surface area contributed by atoms with Gasteiger partial charge in [-0.05, 0) is 30.5 Å². The van der Waals surface area contributed by atoms with Crippen molar-refractivity contribution in [3.8, 4) is 0 Å². The number of hydrogen-bond acceptors (Lipinski definition) is 2. The molecular formula is C13H15Cl2NO3. The monoisotopic (exact) mass is 303 g/mol. The topological polar surface area (TPSA) is 66.4 Å². The lowest BCUT2D eigenvalue weighted by Crippen LogP contribution is -2.26. The summed E-state index contributed by atoms with van der Waals surface area (Å²) < 4.78 is 0. The van der Waals surface area contributed by atoms with E-state index in [2.05, 4.69) is 5.32 Å². The molecule has 0 radical (unpaired) electrons. The van der Waals surface area contributed by atoms with Crippen LogP contribution in [0, 0.1) is 0 Å². The average Bonchev–Trinajstić information content (AvgIpc) is 2.32. The summed E-state index contributed by atoms with van der Waals surface area (Å²) in [7, 11) is 0. The fraction of sp³-hybridized carbons (Fsp3) is 0.385. The van der Waals surface area contributed by atoms with E-state index in [-0.39, 0.29) is 18.7 Å². The maximum Gasteiger partial charge on any atom is 0.303 e. The Kier molecular flexibility index (Phi) is 6.67. The molecule has 1 rings (SSSR count). The molecule has 2 N–H and O–H groups in total. The second kappa shape index (κ2) is 8.02. The third-order valence-corrected chi connectivity index (χ3v) is 3.09. The van der Waals surface area contributed by atoms with Crippen LogP contribution in [0.4, 0.5) is 0 Å².